The highest BCUT2D eigenvalue weighted by Crippen LogP contribution is 2.26. The first-order valence-corrected chi connectivity index (χ1v) is 14.3. The summed E-state index contributed by atoms with van der Waals surface area (Å²) in [6.45, 7) is 5.28. The molecule has 0 fully saturated rings. The van der Waals surface area contributed by atoms with E-state index in [1.54, 1.807) is 6.92 Å². The zero-order valence-corrected chi connectivity index (χ0v) is 23.5. The summed E-state index contributed by atoms with van der Waals surface area (Å²) in [6.07, 6.45) is 0.684. The quantitative estimate of drug-likeness (QED) is 0.325. The molecule has 11 heteroatoms. The molecule has 0 heterocycles. The van der Waals surface area contributed by atoms with Gasteiger partial charge in [0.2, 0.25) is 11.8 Å². The highest BCUT2D eigenvalue weighted by molar-refractivity contribution is 7.92. The number of carbonyl (C=O) groups excluding carboxylic acids is 2. The Kier molecular flexibility index (Phi) is 10.6. The van der Waals surface area contributed by atoms with Gasteiger partial charge in [0.1, 0.15) is 30.0 Å². The van der Waals surface area contributed by atoms with Crippen molar-refractivity contribution < 1.29 is 31.5 Å². The first kappa shape index (κ1) is 30.6. The molecule has 40 heavy (non-hydrogen) atoms. The third-order valence-electron chi connectivity index (χ3n) is 6.10. The van der Waals surface area contributed by atoms with Crippen LogP contribution in [-0.2, 0) is 26.2 Å². The minimum absolute atomic E-state index is 0.0634. The Morgan fingerprint density at radius 1 is 0.900 bits per heavy atom. The van der Waals surface area contributed by atoms with Gasteiger partial charge in [-0.15, -0.1) is 0 Å². The van der Waals surface area contributed by atoms with Crippen LogP contribution in [-0.4, -0.2) is 50.9 Å². The number of carbonyl (C=O) groups is 2. The van der Waals surface area contributed by atoms with E-state index in [1.165, 1.54) is 72.5 Å². The number of nitrogens with one attached hydrogen (secondary N) is 1. The predicted molar refractivity (Wildman–Crippen MR) is 148 cm³/mol. The largest absolute Gasteiger partial charge is 0.494 e. The van der Waals surface area contributed by atoms with E-state index < -0.39 is 46.1 Å². The normalized spacial score (nSPS) is 11.9. The van der Waals surface area contributed by atoms with Crippen molar-refractivity contribution >= 4 is 27.5 Å². The van der Waals surface area contributed by atoms with E-state index in [4.69, 9.17) is 4.74 Å². The van der Waals surface area contributed by atoms with E-state index in [-0.39, 0.29) is 17.1 Å². The van der Waals surface area contributed by atoms with Gasteiger partial charge in [0.05, 0.1) is 17.2 Å². The standard InChI is InChI=1S/C29H33F2N3O5S/c1-4-18-32-29(36)21(3)33(19-22-6-8-23(30)9-7-22)28(35)20-34(25-12-10-24(31)11-13-25)40(37,38)27-16-14-26(15-17-27)39-5-2/h6-17,21H,4-5,18-20H2,1-3H3,(H,32,36)/t21-/m1/s1. The average Bonchev–Trinajstić information content (AvgIpc) is 2.94. The summed E-state index contributed by atoms with van der Waals surface area (Å²) in [6, 6.07) is 14.9. The van der Waals surface area contributed by atoms with Crippen LogP contribution in [0, 0.1) is 11.6 Å². The molecule has 3 aromatic carbocycles. The molecule has 3 aromatic rings. The minimum Gasteiger partial charge on any atom is -0.494 e. The second kappa shape index (κ2) is 13.9. The van der Waals surface area contributed by atoms with Gasteiger partial charge in [0.15, 0.2) is 0 Å². The van der Waals surface area contributed by atoms with Crippen molar-refractivity contribution in [3.8, 4) is 5.75 Å². The van der Waals surface area contributed by atoms with Crippen LogP contribution in [0.3, 0.4) is 0 Å². The summed E-state index contributed by atoms with van der Waals surface area (Å²) < 4.78 is 61.1. The van der Waals surface area contributed by atoms with Gasteiger partial charge in [-0.25, -0.2) is 17.2 Å². The Morgan fingerprint density at radius 3 is 2.02 bits per heavy atom. The van der Waals surface area contributed by atoms with Crippen LogP contribution in [0.1, 0.15) is 32.8 Å². The fraction of sp³-hybridized carbons (Fsp3) is 0.310. The molecule has 8 nitrogen and oxygen atoms in total. The molecule has 214 valence electrons. The van der Waals surface area contributed by atoms with Crippen LogP contribution in [0.4, 0.5) is 14.5 Å². The van der Waals surface area contributed by atoms with Crippen molar-refractivity contribution in [2.24, 2.45) is 0 Å². The fourth-order valence-corrected chi connectivity index (χ4v) is 5.32. The average molecular weight is 574 g/mol. The lowest BCUT2D eigenvalue weighted by Gasteiger charge is -2.32. The molecular formula is C29H33F2N3O5S. The molecule has 0 saturated carbocycles. The molecule has 3 rings (SSSR count). The Hall–Kier alpha value is -3.99. The molecule has 0 spiro atoms. The van der Waals surface area contributed by atoms with Crippen molar-refractivity contribution in [2.75, 3.05) is 24.0 Å². The number of hydrogen-bond donors (Lipinski definition) is 1. The van der Waals surface area contributed by atoms with Crippen LogP contribution < -0.4 is 14.4 Å². The van der Waals surface area contributed by atoms with Gasteiger partial charge in [-0.2, -0.15) is 0 Å². The number of nitrogens with zero attached hydrogens (tertiary/aromatic N) is 2. The molecular weight excluding hydrogens is 540 g/mol. The highest BCUT2D eigenvalue weighted by atomic mass is 32.2. The van der Waals surface area contributed by atoms with Crippen molar-refractivity contribution in [3.05, 3.63) is 90.0 Å². The molecule has 1 N–H and O–H groups in total. The van der Waals surface area contributed by atoms with Gasteiger partial charge in [-0.3, -0.25) is 13.9 Å². The summed E-state index contributed by atoms with van der Waals surface area (Å²) in [5.74, 6) is -1.66. The van der Waals surface area contributed by atoms with Crippen molar-refractivity contribution in [1.82, 2.24) is 10.2 Å². The van der Waals surface area contributed by atoms with E-state index in [0.717, 1.165) is 16.4 Å². The Labute approximate surface area is 233 Å². The molecule has 2 amide bonds. The zero-order valence-electron chi connectivity index (χ0n) is 22.6. The Bertz CT molecular complexity index is 1380. The topological polar surface area (TPSA) is 96.0 Å². The number of amides is 2. The van der Waals surface area contributed by atoms with Gasteiger partial charge in [0.25, 0.3) is 10.0 Å². The third kappa shape index (κ3) is 7.78. The smallest absolute Gasteiger partial charge is 0.264 e. The summed E-state index contributed by atoms with van der Waals surface area (Å²) in [4.78, 5) is 27.7. The van der Waals surface area contributed by atoms with Crippen LogP contribution in [0.5, 0.6) is 5.75 Å². The first-order valence-electron chi connectivity index (χ1n) is 12.9. The van der Waals surface area contributed by atoms with Gasteiger partial charge >= 0.3 is 0 Å². The summed E-state index contributed by atoms with van der Waals surface area (Å²) in [5, 5.41) is 2.75. The maximum atomic E-state index is 13.8. The SMILES string of the molecule is CCCNC(=O)[C@@H](C)N(Cc1ccc(F)cc1)C(=O)CN(c1ccc(F)cc1)S(=O)(=O)c1ccc(OCC)cc1. The number of hydrogen-bond acceptors (Lipinski definition) is 5. The van der Waals surface area contributed by atoms with Crippen LogP contribution in [0.2, 0.25) is 0 Å². The van der Waals surface area contributed by atoms with Crippen LogP contribution >= 0.6 is 0 Å². The molecule has 1 atom stereocenters. The Morgan fingerprint density at radius 2 is 1.48 bits per heavy atom. The lowest BCUT2D eigenvalue weighted by Crippen LogP contribution is -2.51. The second-order valence-corrected chi connectivity index (χ2v) is 10.9. The Balaban J connectivity index is 2.00. The van der Waals surface area contributed by atoms with E-state index in [0.29, 0.717) is 30.9 Å². The number of sulfonamides is 1. The van der Waals surface area contributed by atoms with Crippen LogP contribution in [0.25, 0.3) is 0 Å². The molecule has 0 aromatic heterocycles. The highest BCUT2D eigenvalue weighted by Gasteiger charge is 2.32. The summed E-state index contributed by atoms with van der Waals surface area (Å²) in [5.41, 5.74) is 0.612. The van der Waals surface area contributed by atoms with Gasteiger partial charge in [-0.05, 0) is 86.5 Å². The van der Waals surface area contributed by atoms with Gasteiger partial charge in [0, 0.05) is 13.1 Å². The maximum absolute atomic E-state index is 13.8. The predicted octanol–water partition coefficient (Wildman–Crippen LogP) is 4.50. The maximum Gasteiger partial charge on any atom is 0.264 e. The van der Waals surface area contributed by atoms with Gasteiger partial charge in [-0.1, -0.05) is 19.1 Å². The number of halogens is 2. The molecule has 0 unspecified atom stereocenters. The molecule has 0 aliphatic rings. The zero-order chi connectivity index (χ0) is 29.3. The summed E-state index contributed by atoms with van der Waals surface area (Å²) in [7, 11) is -4.31. The molecule has 0 bridgehead atoms. The van der Waals surface area contributed by atoms with Gasteiger partial charge < -0.3 is 15.0 Å². The lowest BCUT2D eigenvalue weighted by molar-refractivity contribution is -0.139. The number of benzene rings is 3. The fourth-order valence-electron chi connectivity index (χ4n) is 3.90. The lowest BCUT2D eigenvalue weighted by atomic mass is 10.1. The molecule has 0 aliphatic carbocycles. The molecule has 0 aliphatic heterocycles. The number of anilines is 1. The monoisotopic (exact) mass is 573 g/mol. The number of ether oxygens (including phenoxy) is 1. The van der Waals surface area contributed by atoms with Crippen molar-refractivity contribution in [1.29, 1.82) is 0 Å². The first-order chi connectivity index (χ1) is 19.1. The third-order valence-corrected chi connectivity index (χ3v) is 7.89. The van der Waals surface area contributed by atoms with E-state index in [1.807, 2.05) is 6.92 Å². The molecule has 0 radical (unpaired) electrons. The minimum atomic E-state index is -4.31. The van der Waals surface area contributed by atoms with Crippen molar-refractivity contribution in [3.63, 3.8) is 0 Å². The van der Waals surface area contributed by atoms with E-state index in [2.05, 4.69) is 5.32 Å². The van der Waals surface area contributed by atoms with Crippen LogP contribution in [0.15, 0.2) is 77.7 Å². The summed E-state index contributed by atoms with van der Waals surface area (Å²) >= 11 is 0. The van der Waals surface area contributed by atoms with E-state index in [9.17, 15) is 26.8 Å². The molecule has 0 saturated heterocycles. The number of rotatable bonds is 13. The second-order valence-electron chi connectivity index (χ2n) is 9.01. The van der Waals surface area contributed by atoms with Crippen molar-refractivity contribution in [2.45, 2.75) is 44.7 Å². The van der Waals surface area contributed by atoms with E-state index >= 15 is 0 Å².